The molecule has 2 rings (SSSR count). The number of allylic oxidation sites excluding steroid dienone is 4. The molecule has 0 aliphatic heterocycles. The lowest BCUT2D eigenvalue weighted by molar-refractivity contribution is -0.113. The van der Waals surface area contributed by atoms with Crippen molar-refractivity contribution in [3.8, 4) is 0 Å². The highest BCUT2D eigenvalue weighted by molar-refractivity contribution is 6.20. The van der Waals surface area contributed by atoms with E-state index in [1.165, 1.54) is 6.26 Å². The van der Waals surface area contributed by atoms with Crippen molar-refractivity contribution < 1.29 is 14.3 Å². The lowest BCUT2D eigenvalue weighted by Crippen LogP contribution is -2.34. The molecule has 1 unspecified atom stereocenters. The average molecular weight is 422 g/mol. The molecule has 0 bridgehead atoms. The second-order valence-corrected chi connectivity index (χ2v) is 7.35. The Bertz CT molecular complexity index is 847. The molecule has 1 atom stereocenters. The number of hydrogen-bond donors (Lipinski definition) is 0. The molecule has 4 nitrogen and oxygen atoms in total. The molecule has 0 saturated carbocycles. The van der Waals surface area contributed by atoms with Crippen molar-refractivity contribution >= 4 is 11.4 Å². The van der Waals surface area contributed by atoms with E-state index in [4.69, 9.17) is 9.47 Å². The van der Waals surface area contributed by atoms with Crippen LogP contribution in [0.1, 0.15) is 44.7 Å². The summed E-state index contributed by atoms with van der Waals surface area (Å²) in [4.78, 5) is 14.8. The highest BCUT2D eigenvalue weighted by atomic mass is 16.5. The second kappa shape index (κ2) is 13.5. The van der Waals surface area contributed by atoms with Crippen LogP contribution in [0.2, 0.25) is 0 Å². The Kier molecular flexibility index (Phi) is 10.6. The van der Waals surface area contributed by atoms with Crippen LogP contribution >= 0.6 is 0 Å². The predicted molar refractivity (Wildman–Crippen MR) is 128 cm³/mol. The van der Waals surface area contributed by atoms with E-state index in [0.29, 0.717) is 24.6 Å². The fourth-order valence-electron chi connectivity index (χ4n) is 3.45. The van der Waals surface area contributed by atoms with Gasteiger partial charge in [-0.2, -0.15) is 0 Å². The molecule has 1 aliphatic carbocycles. The van der Waals surface area contributed by atoms with Crippen LogP contribution in [0.4, 0.5) is 0 Å². The summed E-state index contributed by atoms with van der Waals surface area (Å²) in [6.45, 7) is 8.20. The van der Waals surface area contributed by atoms with Gasteiger partial charge >= 0.3 is 0 Å². The van der Waals surface area contributed by atoms with Crippen LogP contribution in [0.3, 0.4) is 0 Å². The fourth-order valence-corrected chi connectivity index (χ4v) is 3.45. The Balaban J connectivity index is 2.06. The number of ketones is 1. The first-order chi connectivity index (χ1) is 15.1. The summed E-state index contributed by atoms with van der Waals surface area (Å²) in [6.07, 6.45) is 17.8. The Labute approximate surface area is 187 Å². The van der Waals surface area contributed by atoms with E-state index in [-0.39, 0.29) is 5.78 Å². The van der Waals surface area contributed by atoms with E-state index < -0.39 is 0 Å². The molecular formula is C27H35NO3. The van der Waals surface area contributed by atoms with Gasteiger partial charge in [0.1, 0.15) is 12.4 Å². The zero-order valence-corrected chi connectivity index (χ0v) is 19.2. The van der Waals surface area contributed by atoms with Gasteiger partial charge in [0.05, 0.1) is 18.9 Å². The van der Waals surface area contributed by atoms with Crippen LogP contribution in [0.25, 0.3) is 5.57 Å². The van der Waals surface area contributed by atoms with Gasteiger partial charge in [0.2, 0.25) is 0 Å². The lowest BCUT2D eigenvalue weighted by atomic mass is 9.97. The van der Waals surface area contributed by atoms with Crippen molar-refractivity contribution in [1.29, 1.82) is 0 Å². The molecule has 0 aromatic heterocycles. The topological polar surface area (TPSA) is 38.8 Å². The lowest BCUT2D eigenvalue weighted by Gasteiger charge is -2.29. The molecular weight excluding hydrogens is 386 g/mol. The number of hydrogen-bond acceptors (Lipinski definition) is 4. The van der Waals surface area contributed by atoms with Crippen LogP contribution < -0.4 is 0 Å². The summed E-state index contributed by atoms with van der Waals surface area (Å²) in [5, 5.41) is 0. The van der Waals surface area contributed by atoms with E-state index >= 15 is 0 Å². The number of methoxy groups -OCH3 is 1. The molecule has 0 heterocycles. The first kappa shape index (κ1) is 24.4. The highest BCUT2D eigenvalue weighted by Crippen LogP contribution is 2.24. The molecule has 0 N–H and O–H groups in total. The van der Waals surface area contributed by atoms with Gasteiger partial charge in [-0.1, -0.05) is 61.6 Å². The van der Waals surface area contributed by atoms with Gasteiger partial charge in [0.25, 0.3) is 0 Å². The quantitative estimate of drug-likeness (QED) is 0.242. The molecule has 166 valence electrons. The zero-order chi connectivity index (χ0) is 22.5. The Hall–Kier alpha value is -2.85. The number of Topliss-reactive ketones (excluding diaryl/α,β-unsaturated/α-hetero) is 1. The SMILES string of the molecule is C/C=C/CN(C/C=C/C)C1C=CC(OCc2ccccc2/C(=C\OC)C(=O)CC)=CC1. The molecule has 1 aliphatic rings. The number of carbonyl (C=O) groups excluding carboxylic acids is 1. The van der Waals surface area contributed by atoms with E-state index in [9.17, 15) is 4.79 Å². The van der Waals surface area contributed by atoms with Crippen LogP contribution in [-0.4, -0.2) is 36.9 Å². The van der Waals surface area contributed by atoms with Crippen LogP contribution in [0.15, 0.2) is 78.8 Å². The van der Waals surface area contributed by atoms with Gasteiger partial charge < -0.3 is 9.47 Å². The highest BCUT2D eigenvalue weighted by Gasteiger charge is 2.18. The van der Waals surface area contributed by atoms with Gasteiger partial charge in [-0.15, -0.1) is 0 Å². The van der Waals surface area contributed by atoms with E-state index in [2.05, 4.69) is 61.3 Å². The first-order valence-electron chi connectivity index (χ1n) is 11.0. The number of rotatable bonds is 12. The van der Waals surface area contributed by atoms with Crippen LogP contribution in [0.5, 0.6) is 0 Å². The molecule has 31 heavy (non-hydrogen) atoms. The largest absolute Gasteiger partial charge is 0.504 e. The van der Waals surface area contributed by atoms with E-state index in [1.54, 1.807) is 7.11 Å². The number of carbonyl (C=O) groups is 1. The smallest absolute Gasteiger partial charge is 0.166 e. The third-order valence-corrected chi connectivity index (χ3v) is 5.22. The molecule has 1 aromatic rings. The van der Waals surface area contributed by atoms with Gasteiger partial charge in [-0.05, 0) is 43.5 Å². The summed E-state index contributed by atoms with van der Waals surface area (Å²) in [5.74, 6) is 0.915. The maximum absolute atomic E-state index is 12.4. The van der Waals surface area contributed by atoms with Crippen LogP contribution in [-0.2, 0) is 20.9 Å². The first-order valence-corrected chi connectivity index (χ1v) is 11.0. The van der Waals surface area contributed by atoms with E-state index in [0.717, 1.165) is 36.4 Å². The Morgan fingerprint density at radius 3 is 2.45 bits per heavy atom. The molecule has 4 heteroatoms. The monoisotopic (exact) mass is 421 g/mol. The van der Waals surface area contributed by atoms with Crippen molar-refractivity contribution in [3.63, 3.8) is 0 Å². The molecule has 0 amide bonds. The summed E-state index contributed by atoms with van der Waals surface area (Å²) < 4.78 is 11.3. The van der Waals surface area contributed by atoms with Gasteiger partial charge in [0.15, 0.2) is 5.78 Å². The van der Waals surface area contributed by atoms with Crippen molar-refractivity contribution in [2.45, 2.75) is 46.3 Å². The standard InChI is InChI=1S/C27H35NO3/c1-5-8-18-28(19-9-6-2)23-14-16-24(17-15-23)31-20-22-12-10-11-13-25(22)26(21-30-4)27(29)7-3/h5-6,8-14,16-17,21,23H,7,15,18-20H2,1-4H3/b8-5+,9-6+,26-21+. The zero-order valence-electron chi connectivity index (χ0n) is 19.2. The van der Waals surface area contributed by atoms with Gasteiger partial charge in [0, 0.05) is 25.6 Å². The molecule has 1 aromatic carbocycles. The third-order valence-electron chi connectivity index (χ3n) is 5.22. The van der Waals surface area contributed by atoms with Crippen molar-refractivity contribution in [2.75, 3.05) is 20.2 Å². The van der Waals surface area contributed by atoms with Crippen LogP contribution in [0, 0.1) is 0 Å². The van der Waals surface area contributed by atoms with Gasteiger partial charge in [-0.25, -0.2) is 0 Å². The molecule has 0 spiro atoms. The van der Waals surface area contributed by atoms with Crippen molar-refractivity contribution in [3.05, 3.63) is 89.9 Å². The summed E-state index contributed by atoms with van der Waals surface area (Å²) in [6, 6.07) is 8.18. The second-order valence-electron chi connectivity index (χ2n) is 7.35. The molecule has 0 saturated heterocycles. The summed E-state index contributed by atoms with van der Waals surface area (Å²) in [5.41, 5.74) is 2.41. The third kappa shape index (κ3) is 7.41. The minimum absolute atomic E-state index is 0.0521. The summed E-state index contributed by atoms with van der Waals surface area (Å²) >= 11 is 0. The van der Waals surface area contributed by atoms with Crippen molar-refractivity contribution in [2.24, 2.45) is 0 Å². The Morgan fingerprint density at radius 1 is 1.16 bits per heavy atom. The minimum atomic E-state index is 0.0521. The Morgan fingerprint density at radius 2 is 1.87 bits per heavy atom. The maximum atomic E-state index is 12.4. The van der Waals surface area contributed by atoms with E-state index in [1.807, 2.05) is 31.2 Å². The average Bonchev–Trinajstić information content (AvgIpc) is 2.81. The minimum Gasteiger partial charge on any atom is -0.504 e. The molecule has 0 fully saturated rings. The fraction of sp³-hybridized carbons (Fsp3) is 0.370. The predicted octanol–water partition coefficient (Wildman–Crippen LogP) is 5.84. The van der Waals surface area contributed by atoms with Gasteiger partial charge in [-0.3, -0.25) is 9.69 Å². The number of nitrogens with zero attached hydrogens (tertiary/aromatic N) is 1. The number of benzene rings is 1. The summed E-state index contributed by atoms with van der Waals surface area (Å²) in [7, 11) is 1.56. The molecule has 0 radical (unpaired) electrons. The number of ether oxygens (including phenoxy) is 2. The van der Waals surface area contributed by atoms with Crippen molar-refractivity contribution in [1.82, 2.24) is 4.90 Å². The maximum Gasteiger partial charge on any atom is 0.166 e. The normalized spacial score (nSPS) is 16.9.